The molecule has 0 unspecified atom stereocenters. The fourth-order valence-electron chi connectivity index (χ4n) is 4.35. The summed E-state index contributed by atoms with van der Waals surface area (Å²) in [7, 11) is 2.77. The summed E-state index contributed by atoms with van der Waals surface area (Å²) in [4.78, 5) is 1.20. The van der Waals surface area contributed by atoms with Crippen LogP contribution in [-0.2, 0) is 31.6 Å². The molecule has 0 spiro atoms. The third kappa shape index (κ3) is 7.87. The Balaban J connectivity index is 2.20. The molecule has 0 aliphatic carbocycles. The molecule has 0 aliphatic heterocycles. The lowest BCUT2D eigenvalue weighted by molar-refractivity contribution is -0.143. The lowest BCUT2D eigenvalue weighted by Gasteiger charge is -2.28. The van der Waals surface area contributed by atoms with Crippen LogP contribution in [0.2, 0.25) is 0 Å². The molecular formula is C29H27F9N2OS. The Bertz CT molecular complexity index is 1400. The van der Waals surface area contributed by atoms with Crippen molar-refractivity contribution in [3.8, 4) is 16.9 Å². The van der Waals surface area contributed by atoms with Gasteiger partial charge in [0.25, 0.3) is 0 Å². The molecule has 3 nitrogen and oxygen atoms in total. The van der Waals surface area contributed by atoms with Crippen LogP contribution in [0.5, 0.6) is 5.75 Å². The minimum absolute atomic E-state index is 0.00311. The number of nitrogens with zero attached hydrogens (tertiary/aromatic N) is 1. The largest absolute Gasteiger partial charge is 0.496 e. The second-order valence-corrected chi connectivity index (χ2v) is 10.2. The van der Waals surface area contributed by atoms with Gasteiger partial charge in [-0.3, -0.25) is 0 Å². The van der Waals surface area contributed by atoms with Gasteiger partial charge in [0.05, 0.1) is 23.8 Å². The zero-order valence-electron chi connectivity index (χ0n) is 22.9. The van der Waals surface area contributed by atoms with E-state index in [1.165, 1.54) is 25.1 Å². The predicted octanol–water partition coefficient (Wildman–Crippen LogP) is 9.05. The Morgan fingerprint density at radius 3 is 1.81 bits per heavy atom. The van der Waals surface area contributed by atoms with Crippen molar-refractivity contribution in [3.05, 3.63) is 88.0 Å². The predicted molar refractivity (Wildman–Crippen MR) is 145 cm³/mol. The minimum Gasteiger partial charge on any atom is -0.496 e. The van der Waals surface area contributed by atoms with Gasteiger partial charge in [0, 0.05) is 25.7 Å². The Hall–Kier alpha value is -3.48. The number of ether oxygens (including phenoxy) is 1. The van der Waals surface area contributed by atoms with Crippen LogP contribution >= 0.6 is 12.2 Å². The highest BCUT2D eigenvalue weighted by molar-refractivity contribution is 7.80. The van der Waals surface area contributed by atoms with Crippen LogP contribution < -0.4 is 10.1 Å². The van der Waals surface area contributed by atoms with E-state index in [1.807, 2.05) is 19.9 Å². The number of rotatable bonds is 7. The molecule has 1 N–H and O–H groups in total. The molecule has 3 aromatic rings. The standard InChI is InChI=1S/C29H27F9N2OS/c1-16(2)18-5-8-25(41-4)24(12-18)23-7-6-20(27(30,31)32)11-19(23)15-40(26(42)39-3)14-17-9-21(28(33,34)35)13-22(10-17)29(36,37)38/h5-13,16H,14-15H2,1-4H3,(H,39,42). The second-order valence-electron chi connectivity index (χ2n) is 9.81. The fourth-order valence-corrected chi connectivity index (χ4v) is 4.48. The van der Waals surface area contributed by atoms with E-state index < -0.39 is 41.8 Å². The molecule has 42 heavy (non-hydrogen) atoms. The van der Waals surface area contributed by atoms with Gasteiger partial charge in [-0.15, -0.1) is 0 Å². The maximum Gasteiger partial charge on any atom is 0.416 e. The van der Waals surface area contributed by atoms with Gasteiger partial charge < -0.3 is 15.0 Å². The smallest absolute Gasteiger partial charge is 0.416 e. The normalized spacial score (nSPS) is 12.4. The third-order valence-electron chi connectivity index (χ3n) is 6.50. The van der Waals surface area contributed by atoms with Crippen molar-refractivity contribution in [1.82, 2.24) is 10.2 Å². The first-order valence-electron chi connectivity index (χ1n) is 12.5. The number of hydrogen-bond donors (Lipinski definition) is 1. The van der Waals surface area contributed by atoms with E-state index in [1.54, 1.807) is 12.1 Å². The summed E-state index contributed by atoms with van der Waals surface area (Å²) in [5.74, 6) is 0.417. The lowest BCUT2D eigenvalue weighted by Crippen LogP contribution is -2.37. The lowest BCUT2D eigenvalue weighted by atomic mass is 9.92. The van der Waals surface area contributed by atoms with Crippen molar-refractivity contribution in [1.29, 1.82) is 0 Å². The molecule has 0 saturated carbocycles. The van der Waals surface area contributed by atoms with Crippen LogP contribution in [0.1, 0.15) is 53.1 Å². The Kier molecular flexibility index (Phi) is 9.75. The second kappa shape index (κ2) is 12.4. The summed E-state index contributed by atoms with van der Waals surface area (Å²) < 4.78 is 127. The molecular weight excluding hydrogens is 595 g/mol. The van der Waals surface area contributed by atoms with Crippen molar-refractivity contribution in [2.75, 3.05) is 14.2 Å². The van der Waals surface area contributed by atoms with Gasteiger partial charge >= 0.3 is 18.5 Å². The van der Waals surface area contributed by atoms with Crippen LogP contribution in [0.25, 0.3) is 11.1 Å². The molecule has 0 fully saturated rings. The van der Waals surface area contributed by atoms with Gasteiger partial charge in [0.2, 0.25) is 0 Å². The van der Waals surface area contributed by atoms with Gasteiger partial charge in [0.15, 0.2) is 5.11 Å². The average molecular weight is 623 g/mol. The number of thiocarbonyl (C=S) groups is 1. The first-order valence-corrected chi connectivity index (χ1v) is 12.9. The Morgan fingerprint density at radius 2 is 1.33 bits per heavy atom. The highest BCUT2D eigenvalue weighted by atomic mass is 32.1. The van der Waals surface area contributed by atoms with Gasteiger partial charge in [-0.05, 0) is 82.9 Å². The quantitative estimate of drug-likeness (QED) is 0.210. The molecule has 0 atom stereocenters. The number of nitrogens with one attached hydrogen (secondary N) is 1. The van der Waals surface area contributed by atoms with Crippen LogP contribution in [0.4, 0.5) is 39.5 Å². The van der Waals surface area contributed by atoms with Crippen LogP contribution in [0, 0.1) is 0 Å². The van der Waals surface area contributed by atoms with Gasteiger partial charge in [-0.1, -0.05) is 26.0 Å². The first kappa shape index (κ1) is 33.0. The highest BCUT2D eigenvalue weighted by Crippen LogP contribution is 2.40. The van der Waals surface area contributed by atoms with Gasteiger partial charge in [-0.25, -0.2) is 0 Å². The molecule has 0 aromatic heterocycles. The number of methoxy groups -OCH3 is 1. The van der Waals surface area contributed by atoms with Gasteiger partial charge in [-0.2, -0.15) is 39.5 Å². The fraction of sp³-hybridized carbons (Fsp3) is 0.345. The topological polar surface area (TPSA) is 24.5 Å². The molecule has 3 aromatic carbocycles. The monoisotopic (exact) mass is 622 g/mol. The van der Waals surface area contributed by atoms with Gasteiger partial charge in [0.1, 0.15) is 5.75 Å². The van der Waals surface area contributed by atoms with E-state index in [0.29, 0.717) is 29.0 Å². The molecule has 228 valence electrons. The number of alkyl halides is 9. The van der Waals surface area contributed by atoms with E-state index in [2.05, 4.69) is 5.32 Å². The third-order valence-corrected chi connectivity index (χ3v) is 6.96. The van der Waals surface area contributed by atoms with Crippen LogP contribution in [0.3, 0.4) is 0 Å². The van der Waals surface area contributed by atoms with E-state index in [0.717, 1.165) is 17.7 Å². The molecule has 0 radical (unpaired) electrons. The summed E-state index contributed by atoms with van der Waals surface area (Å²) in [5.41, 5.74) is -2.69. The molecule has 0 aliphatic rings. The summed E-state index contributed by atoms with van der Waals surface area (Å²) in [6, 6.07) is 9.40. The summed E-state index contributed by atoms with van der Waals surface area (Å²) >= 11 is 5.28. The van der Waals surface area contributed by atoms with Crippen molar-refractivity contribution in [2.45, 2.75) is 51.4 Å². The van der Waals surface area contributed by atoms with Crippen LogP contribution in [0.15, 0.2) is 54.6 Å². The SMILES string of the molecule is CNC(=S)N(Cc1cc(C(F)(F)F)cc(C(F)(F)F)c1)Cc1cc(C(F)(F)F)ccc1-c1cc(C(C)C)ccc1OC. The highest BCUT2D eigenvalue weighted by Gasteiger charge is 2.37. The summed E-state index contributed by atoms with van der Waals surface area (Å²) in [5, 5.41) is 2.51. The molecule has 0 amide bonds. The van der Waals surface area contributed by atoms with Crippen molar-refractivity contribution in [3.63, 3.8) is 0 Å². The number of halogens is 9. The first-order chi connectivity index (χ1) is 19.3. The molecule has 13 heteroatoms. The number of benzene rings is 3. The maximum absolute atomic E-state index is 13.7. The Labute approximate surface area is 242 Å². The van der Waals surface area contributed by atoms with Crippen molar-refractivity contribution in [2.24, 2.45) is 0 Å². The van der Waals surface area contributed by atoms with Crippen molar-refractivity contribution < 1.29 is 44.3 Å². The zero-order valence-corrected chi connectivity index (χ0v) is 23.7. The minimum atomic E-state index is -5.07. The molecule has 3 rings (SSSR count). The zero-order chi connectivity index (χ0) is 31.6. The maximum atomic E-state index is 13.7. The van der Waals surface area contributed by atoms with E-state index in [9.17, 15) is 39.5 Å². The molecule has 0 saturated heterocycles. The summed E-state index contributed by atoms with van der Waals surface area (Å²) in [6.45, 7) is 2.91. The summed E-state index contributed by atoms with van der Waals surface area (Å²) in [6.07, 6.45) is -14.9. The van der Waals surface area contributed by atoms with E-state index in [4.69, 9.17) is 17.0 Å². The Morgan fingerprint density at radius 1 is 0.762 bits per heavy atom. The average Bonchev–Trinajstić information content (AvgIpc) is 2.90. The van der Waals surface area contributed by atoms with E-state index >= 15 is 0 Å². The number of hydrogen-bond acceptors (Lipinski definition) is 2. The molecule has 0 heterocycles. The van der Waals surface area contributed by atoms with E-state index in [-0.39, 0.29) is 34.8 Å². The van der Waals surface area contributed by atoms with Crippen molar-refractivity contribution >= 4 is 17.3 Å². The molecule has 0 bridgehead atoms. The van der Waals surface area contributed by atoms with Crippen LogP contribution in [-0.4, -0.2) is 24.2 Å².